The third-order valence-electron chi connectivity index (χ3n) is 6.67. The number of anilines is 2. The molecule has 0 spiro atoms. The number of nitrogens with zero attached hydrogens (tertiary/aromatic N) is 7. The summed E-state index contributed by atoms with van der Waals surface area (Å²) in [4.78, 5) is 25.9. The summed E-state index contributed by atoms with van der Waals surface area (Å²) >= 11 is 0. The lowest BCUT2D eigenvalue weighted by molar-refractivity contribution is 0.425. The van der Waals surface area contributed by atoms with Crippen molar-refractivity contribution in [1.82, 2.24) is 40.0 Å². The number of halogens is 1. The van der Waals surface area contributed by atoms with Gasteiger partial charge in [0.25, 0.3) is 0 Å². The molecule has 0 unspecified atom stereocenters. The predicted octanol–water partition coefficient (Wildman–Crippen LogP) is 4.80. The van der Waals surface area contributed by atoms with Crippen molar-refractivity contribution in [3.05, 3.63) is 67.0 Å². The minimum atomic E-state index is -0.342. The van der Waals surface area contributed by atoms with Crippen LogP contribution < -0.4 is 10.2 Å². The van der Waals surface area contributed by atoms with Gasteiger partial charge in [0.15, 0.2) is 5.82 Å². The third kappa shape index (κ3) is 4.94. The Morgan fingerprint density at radius 1 is 0.900 bits per heavy atom. The van der Waals surface area contributed by atoms with Crippen molar-refractivity contribution in [3.63, 3.8) is 0 Å². The molecule has 0 atom stereocenters. The Morgan fingerprint density at radius 2 is 1.77 bits per heavy atom. The van der Waals surface area contributed by atoms with E-state index in [4.69, 9.17) is 4.98 Å². The number of hydrogen-bond acceptors (Lipinski definition) is 8. The highest BCUT2D eigenvalue weighted by Crippen LogP contribution is 2.33. The van der Waals surface area contributed by atoms with Crippen LogP contribution in [-0.4, -0.2) is 81.3 Å². The van der Waals surface area contributed by atoms with Gasteiger partial charge in [0.1, 0.15) is 17.0 Å². The number of hydrogen-bond donors (Lipinski definition) is 3. The maximum atomic E-state index is 14.6. The fourth-order valence-electron chi connectivity index (χ4n) is 4.58. The molecule has 1 aromatic carbocycles. The van der Waals surface area contributed by atoms with E-state index >= 15 is 0 Å². The molecule has 0 amide bonds. The van der Waals surface area contributed by atoms with Gasteiger partial charge in [0.2, 0.25) is 0 Å². The SMILES string of the molecule is CN(C)CCNc1cc(F)cc(-c2nccc3[nH]c(-c4n[nH]c5cnc(-c6cncc(N(C)C)c6)cc45)nc23)c1. The van der Waals surface area contributed by atoms with E-state index in [2.05, 4.69) is 40.3 Å². The van der Waals surface area contributed by atoms with E-state index in [1.807, 2.05) is 63.6 Å². The van der Waals surface area contributed by atoms with Crippen molar-refractivity contribution in [2.24, 2.45) is 0 Å². The second-order valence-electron chi connectivity index (χ2n) is 10.1. The molecule has 11 heteroatoms. The molecule has 3 N–H and O–H groups in total. The van der Waals surface area contributed by atoms with E-state index in [1.54, 1.807) is 18.6 Å². The first-order valence-electron chi connectivity index (χ1n) is 12.9. The highest BCUT2D eigenvalue weighted by atomic mass is 19.1. The van der Waals surface area contributed by atoms with Crippen LogP contribution in [0.3, 0.4) is 0 Å². The monoisotopic (exact) mass is 536 g/mol. The molecule has 6 rings (SSSR count). The van der Waals surface area contributed by atoms with Crippen LogP contribution in [0.5, 0.6) is 0 Å². The van der Waals surface area contributed by atoms with Crippen LogP contribution in [0, 0.1) is 5.82 Å². The maximum absolute atomic E-state index is 14.6. The summed E-state index contributed by atoms with van der Waals surface area (Å²) in [6.45, 7) is 1.52. The van der Waals surface area contributed by atoms with Crippen LogP contribution in [0.2, 0.25) is 0 Å². The van der Waals surface area contributed by atoms with Crippen LogP contribution in [0.4, 0.5) is 15.8 Å². The average Bonchev–Trinajstić information content (AvgIpc) is 3.56. The van der Waals surface area contributed by atoms with E-state index in [0.717, 1.165) is 39.9 Å². The first-order valence-corrected chi connectivity index (χ1v) is 12.9. The van der Waals surface area contributed by atoms with Gasteiger partial charge in [0.05, 0.1) is 40.5 Å². The Balaban J connectivity index is 1.39. The summed E-state index contributed by atoms with van der Waals surface area (Å²) < 4.78 is 14.6. The number of H-pyrrole nitrogens is 2. The largest absolute Gasteiger partial charge is 0.384 e. The molecule has 0 radical (unpaired) electrons. The molecule has 0 saturated carbocycles. The Labute approximate surface area is 230 Å². The summed E-state index contributed by atoms with van der Waals surface area (Å²) in [7, 11) is 7.95. The number of nitrogens with one attached hydrogen (secondary N) is 3. The van der Waals surface area contributed by atoms with Crippen molar-refractivity contribution in [2.45, 2.75) is 0 Å². The van der Waals surface area contributed by atoms with Gasteiger partial charge >= 0.3 is 0 Å². The molecule has 6 aromatic rings. The fourth-order valence-corrected chi connectivity index (χ4v) is 4.58. The van der Waals surface area contributed by atoms with Gasteiger partial charge in [-0.3, -0.25) is 20.1 Å². The number of rotatable bonds is 8. The average molecular weight is 537 g/mol. The van der Waals surface area contributed by atoms with E-state index < -0.39 is 0 Å². The summed E-state index contributed by atoms with van der Waals surface area (Å²) in [6, 6.07) is 10.7. The minimum Gasteiger partial charge on any atom is -0.384 e. The number of fused-ring (bicyclic) bond motifs is 2. The maximum Gasteiger partial charge on any atom is 0.159 e. The van der Waals surface area contributed by atoms with E-state index in [-0.39, 0.29) is 5.82 Å². The number of benzene rings is 1. The number of aromatic amines is 2. The van der Waals surface area contributed by atoms with Gasteiger partial charge in [-0.25, -0.2) is 9.37 Å². The highest BCUT2D eigenvalue weighted by Gasteiger charge is 2.18. The molecule has 0 bridgehead atoms. The van der Waals surface area contributed by atoms with Gasteiger partial charge in [-0.2, -0.15) is 5.10 Å². The second kappa shape index (κ2) is 10.3. The molecule has 10 nitrogen and oxygen atoms in total. The Kier molecular flexibility index (Phi) is 6.56. The van der Waals surface area contributed by atoms with Crippen molar-refractivity contribution in [2.75, 3.05) is 51.5 Å². The molecule has 0 fully saturated rings. The van der Waals surface area contributed by atoms with Crippen LogP contribution in [0.25, 0.3) is 56.0 Å². The molecule has 0 aliphatic rings. The van der Waals surface area contributed by atoms with E-state index in [9.17, 15) is 4.39 Å². The Morgan fingerprint density at radius 3 is 2.60 bits per heavy atom. The van der Waals surface area contributed by atoms with Crippen molar-refractivity contribution in [3.8, 4) is 34.0 Å². The topological polar surface area (TPSA) is 115 Å². The lowest BCUT2D eigenvalue weighted by Crippen LogP contribution is -2.20. The Bertz CT molecular complexity index is 1820. The fraction of sp³-hybridized carbons (Fsp3) is 0.207. The third-order valence-corrected chi connectivity index (χ3v) is 6.67. The first kappa shape index (κ1) is 25.4. The van der Waals surface area contributed by atoms with Crippen LogP contribution in [0.15, 0.2) is 61.2 Å². The van der Waals surface area contributed by atoms with Crippen LogP contribution in [-0.2, 0) is 0 Å². The van der Waals surface area contributed by atoms with Crippen molar-refractivity contribution < 1.29 is 4.39 Å². The van der Waals surface area contributed by atoms with Gasteiger partial charge in [0, 0.05) is 61.8 Å². The summed E-state index contributed by atoms with van der Waals surface area (Å²) in [5, 5.41) is 11.8. The van der Waals surface area contributed by atoms with E-state index in [1.165, 1.54) is 12.1 Å². The summed E-state index contributed by atoms with van der Waals surface area (Å²) in [5.74, 6) is 0.235. The first-order chi connectivity index (χ1) is 19.4. The molecule has 5 heterocycles. The lowest BCUT2D eigenvalue weighted by Gasteiger charge is -2.12. The molecular weight excluding hydrogens is 507 g/mol. The second-order valence-corrected chi connectivity index (χ2v) is 10.1. The number of pyridine rings is 3. The molecule has 5 aromatic heterocycles. The zero-order valence-electron chi connectivity index (χ0n) is 22.7. The lowest BCUT2D eigenvalue weighted by atomic mass is 10.1. The molecule has 40 heavy (non-hydrogen) atoms. The standard InChI is InChI=1S/C29H29FN10/c1-39(2)8-7-32-20-10-17(9-19(30)12-20)26-28-23(5-6-33-26)35-29(36-28)27-22-13-24(34-16-25(22)37-38-27)18-11-21(40(3)4)15-31-14-18/h5-6,9-16,32H,7-8H2,1-4H3,(H,35,36)(H,37,38). The zero-order valence-corrected chi connectivity index (χ0v) is 22.7. The van der Waals surface area contributed by atoms with Gasteiger partial charge in [-0.15, -0.1) is 0 Å². The zero-order chi connectivity index (χ0) is 27.8. The Hall–Kier alpha value is -4.90. The molecule has 0 aliphatic carbocycles. The molecule has 0 aliphatic heterocycles. The minimum absolute atomic E-state index is 0.342. The molecule has 0 saturated heterocycles. The smallest absolute Gasteiger partial charge is 0.159 e. The van der Waals surface area contributed by atoms with Gasteiger partial charge in [-0.05, 0) is 50.5 Å². The quantitative estimate of drug-likeness (QED) is 0.254. The van der Waals surface area contributed by atoms with Crippen LogP contribution >= 0.6 is 0 Å². The van der Waals surface area contributed by atoms with E-state index in [0.29, 0.717) is 40.5 Å². The normalized spacial score (nSPS) is 11.6. The summed E-state index contributed by atoms with van der Waals surface area (Å²) in [6.07, 6.45) is 7.06. The number of likely N-dealkylation sites (N-methyl/N-ethyl adjacent to an activating group) is 1. The molecular formula is C29H29FN10. The van der Waals surface area contributed by atoms with Gasteiger partial charge in [-0.1, -0.05) is 0 Å². The number of aromatic nitrogens is 7. The predicted molar refractivity (Wildman–Crippen MR) is 157 cm³/mol. The highest BCUT2D eigenvalue weighted by molar-refractivity contribution is 5.97. The van der Waals surface area contributed by atoms with Crippen LogP contribution in [0.1, 0.15) is 0 Å². The van der Waals surface area contributed by atoms with Gasteiger partial charge < -0.3 is 20.1 Å². The van der Waals surface area contributed by atoms with Crippen molar-refractivity contribution in [1.29, 1.82) is 0 Å². The van der Waals surface area contributed by atoms with Crippen molar-refractivity contribution >= 4 is 33.3 Å². The summed E-state index contributed by atoms with van der Waals surface area (Å²) in [5.41, 5.74) is 7.43. The number of imidazole rings is 1. The molecule has 202 valence electrons.